The van der Waals surface area contributed by atoms with Gasteiger partial charge in [-0.2, -0.15) is 23.5 Å². The second kappa shape index (κ2) is 15.9. The normalized spacial score (nSPS) is 14.2. The van der Waals surface area contributed by atoms with E-state index in [-0.39, 0.29) is 30.4 Å². The van der Waals surface area contributed by atoms with Crippen molar-refractivity contribution in [3.63, 3.8) is 0 Å². The molecule has 0 aromatic heterocycles. The highest BCUT2D eigenvalue weighted by Crippen LogP contribution is 2.19. The lowest BCUT2D eigenvalue weighted by Gasteiger charge is -2.24. The Labute approximate surface area is 177 Å². The van der Waals surface area contributed by atoms with Crippen molar-refractivity contribution in [2.75, 3.05) is 31.1 Å². The van der Waals surface area contributed by atoms with Crippen molar-refractivity contribution in [1.82, 2.24) is 5.32 Å². The fraction of sp³-hybridized carbons (Fsp3) is 0.800. The summed E-state index contributed by atoms with van der Waals surface area (Å²) >= 11 is 3.22. The predicted molar refractivity (Wildman–Crippen MR) is 117 cm³/mol. The fourth-order valence-corrected chi connectivity index (χ4v) is 3.92. The standard InChI is InChI=1S/C20H35NO5S2/c1-14(2)12-17(21-19(24)15(6-9-22)7-10-27-4)18(23)13-16(8-11-28-5)20(25)26-3/h9,14-17H,6-8,10-13H2,1-5H3,(H,21,24)/t15-,16+,17-/m0/s1. The molecule has 0 fully saturated rings. The number of ether oxygens (including phenoxy) is 1. The van der Waals surface area contributed by atoms with Gasteiger partial charge < -0.3 is 14.8 Å². The average Bonchev–Trinajstić information content (AvgIpc) is 2.66. The molecule has 162 valence electrons. The first-order valence-corrected chi connectivity index (χ1v) is 12.4. The van der Waals surface area contributed by atoms with Crippen molar-refractivity contribution < 1.29 is 23.9 Å². The molecule has 0 heterocycles. The monoisotopic (exact) mass is 433 g/mol. The maximum absolute atomic E-state index is 12.9. The van der Waals surface area contributed by atoms with Crippen LogP contribution < -0.4 is 5.32 Å². The molecule has 6 nitrogen and oxygen atoms in total. The molecule has 0 aromatic carbocycles. The molecule has 0 saturated heterocycles. The number of ketones is 1. The third-order valence-electron chi connectivity index (χ3n) is 4.49. The number of hydrogen-bond acceptors (Lipinski definition) is 7. The number of carbonyl (C=O) groups is 4. The Kier molecular flexibility index (Phi) is 15.3. The van der Waals surface area contributed by atoms with E-state index in [0.29, 0.717) is 19.3 Å². The minimum Gasteiger partial charge on any atom is -0.469 e. The van der Waals surface area contributed by atoms with Crippen molar-refractivity contribution in [3.8, 4) is 0 Å². The molecule has 1 amide bonds. The highest BCUT2D eigenvalue weighted by molar-refractivity contribution is 7.98. The minimum atomic E-state index is -0.655. The SMILES string of the molecule is COC(=O)[C@H](CCSC)CC(=O)[C@H](CC(C)C)NC(=O)[C@@H](CC=O)CCSC. The Bertz CT molecular complexity index is 499. The summed E-state index contributed by atoms with van der Waals surface area (Å²) < 4.78 is 4.84. The van der Waals surface area contributed by atoms with Gasteiger partial charge in [0.25, 0.3) is 0 Å². The molecule has 0 rings (SSSR count). The molecule has 0 unspecified atom stereocenters. The van der Waals surface area contributed by atoms with E-state index in [0.717, 1.165) is 17.8 Å². The molecule has 28 heavy (non-hydrogen) atoms. The summed E-state index contributed by atoms with van der Waals surface area (Å²) in [4.78, 5) is 48.5. The van der Waals surface area contributed by atoms with Crippen molar-refractivity contribution in [3.05, 3.63) is 0 Å². The van der Waals surface area contributed by atoms with Gasteiger partial charge in [-0.05, 0) is 49.2 Å². The van der Waals surface area contributed by atoms with Crippen LogP contribution in [0.1, 0.15) is 46.0 Å². The van der Waals surface area contributed by atoms with Gasteiger partial charge in [-0.15, -0.1) is 0 Å². The zero-order valence-corrected chi connectivity index (χ0v) is 19.3. The van der Waals surface area contributed by atoms with Crippen LogP contribution >= 0.6 is 23.5 Å². The summed E-state index contributed by atoms with van der Waals surface area (Å²) in [6.45, 7) is 3.96. The Morgan fingerprint density at radius 1 is 1.04 bits per heavy atom. The Hall–Kier alpha value is -1.02. The predicted octanol–water partition coefficient (Wildman–Crippen LogP) is 2.98. The number of rotatable bonds is 16. The van der Waals surface area contributed by atoms with Gasteiger partial charge >= 0.3 is 5.97 Å². The van der Waals surface area contributed by atoms with Gasteiger partial charge in [0.1, 0.15) is 6.29 Å². The van der Waals surface area contributed by atoms with Crippen LogP contribution in [0.25, 0.3) is 0 Å². The number of esters is 1. The molecule has 0 aromatic rings. The number of hydrogen-bond donors (Lipinski definition) is 1. The third kappa shape index (κ3) is 11.1. The van der Waals surface area contributed by atoms with Crippen LogP contribution in [-0.4, -0.2) is 61.1 Å². The quantitative estimate of drug-likeness (QED) is 0.296. The molecule has 1 N–H and O–H groups in total. The number of carbonyl (C=O) groups excluding carboxylic acids is 4. The van der Waals surface area contributed by atoms with Gasteiger partial charge in [-0.25, -0.2) is 0 Å². The number of thioether (sulfide) groups is 2. The smallest absolute Gasteiger partial charge is 0.309 e. The van der Waals surface area contributed by atoms with Crippen LogP contribution in [0, 0.1) is 17.8 Å². The Morgan fingerprint density at radius 2 is 1.61 bits per heavy atom. The maximum atomic E-state index is 12.9. The van der Waals surface area contributed by atoms with E-state index < -0.39 is 23.8 Å². The first kappa shape index (κ1) is 27.0. The molecule has 0 aliphatic rings. The number of amides is 1. The van der Waals surface area contributed by atoms with E-state index in [4.69, 9.17) is 4.74 Å². The highest BCUT2D eigenvalue weighted by atomic mass is 32.2. The van der Waals surface area contributed by atoms with Gasteiger partial charge in [-0.1, -0.05) is 13.8 Å². The molecule has 0 spiro atoms. The van der Waals surface area contributed by atoms with Gasteiger partial charge in [0.2, 0.25) is 5.91 Å². The van der Waals surface area contributed by atoms with Crippen LogP contribution in [0.15, 0.2) is 0 Å². The van der Waals surface area contributed by atoms with E-state index in [1.54, 1.807) is 23.5 Å². The van der Waals surface area contributed by atoms with E-state index in [2.05, 4.69) is 5.32 Å². The summed E-state index contributed by atoms with van der Waals surface area (Å²) in [5, 5.41) is 2.85. The molecule has 8 heteroatoms. The Balaban J connectivity index is 5.19. The van der Waals surface area contributed by atoms with Crippen LogP contribution in [0.2, 0.25) is 0 Å². The largest absolute Gasteiger partial charge is 0.469 e. The molecular weight excluding hydrogens is 398 g/mol. The van der Waals surface area contributed by atoms with Crippen molar-refractivity contribution in [2.45, 2.75) is 52.0 Å². The van der Waals surface area contributed by atoms with Crippen LogP contribution in [0.5, 0.6) is 0 Å². The number of Topliss-reactive ketones (excluding diaryl/α,β-unsaturated/α-hetero) is 1. The topological polar surface area (TPSA) is 89.5 Å². The number of aldehydes is 1. The zero-order chi connectivity index (χ0) is 21.5. The average molecular weight is 434 g/mol. The van der Waals surface area contributed by atoms with Crippen LogP contribution in [0.3, 0.4) is 0 Å². The molecule has 0 aliphatic heterocycles. The summed E-state index contributed by atoms with van der Waals surface area (Å²) in [6.07, 6.45) is 6.48. The molecule has 0 bridgehead atoms. The molecular formula is C20H35NO5S2. The molecule has 0 saturated carbocycles. The van der Waals surface area contributed by atoms with Gasteiger partial charge in [0.15, 0.2) is 5.78 Å². The lowest BCUT2D eigenvalue weighted by molar-refractivity contribution is -0.147. The van der Waals surface area contributed by atoms with Crippen molar-refractivity contribution >= 4 is 47.5 Å². The molecule has 0 radical (unpaired) electrons. The van der Waals surface area contributed by atoms with E-state index >= 15 is 0 Å². The third-order valence-corrected chi connectivity index (χ3v) is 5.77. The fourth-order valence-electron chi connectivity index (χ4n) is 2.88. The lowest BCUT2D eigenvalue weighted by Crippen LogP contribution is -2.45. The second-order valence-electron chi connectivity index (χ2n) is 7.24. The molecule has 3 atom stereocenters. The van der Waals surface area contributed by atoms with E-state index in [9.17, 15) is 19.2 Å². The minimum absolute atomic E-state index is 0.0497. The first-order chi connectivity index (χ1) is 13.3. The van der Waals surface area contributed by atoms with Crippen LogP contribution in [-0.2, 0) is 23.9 Å². The lowest BCUT2D eigenvalue weighted by atomic mass is 9.91. The summed E-state index contributed by atoms with van der Waals surface area (Å²) in [5.74, 6) is -0.0205. The van der Waals surface area contributed by atoms with E-state index in [1.165, 1.54) is 7.11 Å². The first-order valence-electron chi connectivity index (χ1n) is 9.62. The summed E-state index contributed by atoms with van der Waals surface area (Å²) in [6, 6.07) is -0.655. The number of methoxy groups -OCH3 is 1. The summed E-state index contributed by atoms with van der Waals surface area (Å²) in [5.41, 5.74) is 0. The van der Waals surface area contributed by atoms with Crippen molar-refractivity contribution in [2.24, 2.45) is 17.8 Å². The summed E-state index contributed by atoms with van der Waals surface area (Å²) in [7, 11) is 1.32. The van der Waals surface area contributed by atoms with Crippen LogP contribution in [0.4, 0.5) is 0 Å². The van der Waals surface area contributed by atoms with Gasteiger partial charge in [-0.3, -0.25) is 14.4 Å². The maximum Gasteiger partial charge on any atom is 0.309 e. The molecule has 0 aliphatic carbocycles. The van der Waals surface area contributed by atoms with Gasteiger partial charge in [0, 0.05) is 18.8 Å². The zero-order valence-electron chi connectivity index (χ0n) is 17.7. The number of nitrogens with one attached hydrogen (secondary N) is 1. The second-order valence-corrected chi connectivity index (χ2v) is 9.21. The Morgan fingerprint density at radius 3 is 2.07 bits per heavy atom. The highest BCUT2D eigenvalue weighted by Gasteiger charge is 2.30. The van der Waals surface area contributed by atoms with Crippen molar-refractivity contribution in [1.29, 1.82) is 0 Å². The van der Waals surface area contributed by atoms with Gasteiger partial charge in [0.05, 0.1) is 19.1 Å². The van der Waals surface area contributed by atoms with E-state index in [1.807, 2.05) is 26.4 Å².